The van der Waals surface area contributed by atoms with Gasteiger partial charge in [-0.2, -0.15) is 5.11 Å². The summed E-state index contributed by atoms with van der Waals surface area (Å²) in [5, 5.41) is 20.1. The quantitative estimate of drug-likeness (QED) is 0.331. The van der Waals surface area contributed by atoms with Crippen LogP contribution < -0.4 is 5.32 Å². The van der Waals surface area contributed by atoms with Crippen molar-refractivity contribution in [3.8, 4) is 0 Å². The minimum Gasteiger partial charge on any atom is -0.510 e. The molecule has 0 aromatic heterocycles. The average Bonchev–Trinajstić information content (AvgIpc) is 2.72. The number of nitrogens with one attached hydrogen (secondary N) is 1. The number of aliphatic hydroxyl groups is 1. The fraction of sp³-hybridized carbons (Fsp3) is 0.150. The first-order chi connectivity index (χ1) is 13.8. The number of hydrogen-bond acceptors (Lipinski definition) is 8. The molecule has 0 aliphatic rings. The Hall–Kier alpha value is -4.01. The van der Waals surface area contributed by atoms with Crippen LogP contribution in [0.3, 0.4) is 0 Å². The second kappa shape index (κ2) is 9.79. The van der Waals surface area contributed by atoms with Crippen LogP contribution in [0.4, 0.5) is 11.4 Å². The van der Waals surface area contributed by atoms with Gasteiger partial charge in [-0.1, -0.05) is 18.2 Å². The number of azo groups is 1. The van der Waals surface area contributed by atoms with Gasteiger partial charge in [0.15, 0.2) is 5.70 Å². The normalized spacial score (nSPS) is 11.6. The topological polar surface area (TPSA) is 127 Å². The van der Waals surface area contributed by atoms with Gasteiger partial charge in [0.2, 0.25) is 0 Å². The summed E-state index contributed by atoms with van der Waals surface area (Å²) < 4.78 is 9.30. The van der Waals surface area contributed by atoms with E-state index in [2.05, 4.69) is 25.0 Å². The number of para-hydroxylation sites is 1. The Morgan fingerprint density at radius 2 is 1.48 bits per heavy atom. The summed E-state index contributed by atoms with van der Waals surface area (Å²) in [6.45, 7) is 1.28. The highest BCUT2D eigenvalue weighted by molar-refractivity contribution is 6.03. The van der Waals surface area contributed by atoms with Crippen molar-refractivity contribution in [2.75, 3.05) is 19.5 Å². The molecule has 0 unspecified atom stereocenters. The van der Waals surface area contributed by atoms with E-state index in [1.807, 2.05) is 0 Å². The molecule has 0 radical (unpaired) electrons. The second-order valence-electron chi connectivity index (χ2n) is 5.71. The molecule has 0 aliphatic carbocycles. The van der Waals surface area contributed by atoms with Crippen LogP contribution in [0.2, 0.25) is 0 Å². The number of amides is 1. The van der Waals surface area contributed by atoms with Crippen LogP contribution in [-0.4, -0.2) is 37.2 Å². The van der Waals surface area contributed by atoms with Crippen LogP contribution in [-0.2, 0) is 14.3 Å². The number of carbonyl (C=O) groups is 3. The first-order valence-corrected chi connectivity index (χ1v) is 8.35. The number of nitrogens with zero attached hydrogens (tertiary/aromatic N) is 2. The fourth-order valence-electron chi connectivity index (χ4n) is 2.24. The standard InChI is InChI=1S/C20H19N3O6/c1-12(24)17(18(25)21-15-7-5-4-6-8-15)23-22-16-10-13(19(26)28-2)9-14(11-16)20(27)29-3/h4-11,24H,1-3H3,(H,21,25)/b17-12+,23-22?. The zero-order valence-electron chi connectivity index (χ0n) is 16.0. The molecule has 2 rings (SSSR count). The van der Waals surface area contributed by atoms with Gasteiger partial charge in [0.1, 0.15) is 5.76 Å². The highest BCUT2D eigenvalue weighted by Gasteiger charge is 2.16. The second-order valence-corrected chi connectivity index (χ2v) is 5.71. The molecule has 150 valence electrons. The SMILES string of the molecule is COC(=O)c1cc(N=N/C(C(=O)Nc2ccccc2)=C(\C)O)cc(C(=O)OC)c1. The maximum Gasteiger partial charge on any atom is 0.337 e. The minimum absolute atomic E-state index is 0.0457. The number of allylic oxidation sites excluding steroid dienone is 1. The lowest BCUT2D eigenvalue weighted by Gasteiger charge is -2.06. The van der Waals surface area contributed by atoms with E-state index in [0.29, 0.717) is 5.69 Å². The summed E-state index contributed by atoms with van der Waals surface area (Å²) in [5.74, 6) is -2.43. The third-order valence-electron chi connectivity index (χ3n) is 3.61. The number of rotatable bonds is 6. The minimum atomic E-state index is -0.692. The van der Waals surface area contributed by atoms with Gasteiger partial charge in [-0.05, 0) is 37.3 Å². The lowest BCUT2D eigenvalue weighted by atomic mass is 10.1. The van der Waals surface area contributed by atoms with Crippen molar-refractivity contribution < 1.29 is 29.0 Å². The maximum atomic E-state index is 12.4. The number of anilines is 1. The summed E-state index contributed by atoms with van der Waals surface area (Å²) in [5.41, 5.74) is 0.345. The molecule has 29 heavy (non-hydrogen) atoms. The molecule has 1 amide bonds. The van der Waals surface area contributed by atoms with Crippen molar-refractivity contribution in [2.45, 2.75) is 6.92 Å². The monoisotopic (exact) mass is 397 g/mol. The van der Waals surface area contributed by atoms with Crippen molar-refractivity contribution in [3.05, 3.63) is 71.1 Å². The van der Waals surface area contributed by atoms with E-state index in [9.17, 15) is 19.5 Å². The van der Waals surface area contributed by atoms with E-state index < -0.39 is 17.8 Å². The number of benzene rings is 2. The van der Waals surface area contributed by atoms with Gasteiger partial charge in [-0.3, -0.25) is 4.79 Å². The number of carbonyl (C=O) groups excluding carboxylic acids is 3. The van der Waals surface area contributed by atoms with Crippen LogP contribution in [0.25, 0.3) is 0 Å². The third kappa shape index (κ3) is 5.73. The predicted molar refractivity (Wildman–Crippen MR) is 104 cm³/mol. The van der Waals surface area contributed by atoms with Crippen molar-refractivity contribution in [3.63, 3.8) is 0 Å². The number of aliphatic hydroxyl groups excluding tert-OH is 1. The molecule has 0 aliphatic heterocycles. The van der Waals surface area contributed by atoms with Crippen LogP contribution in [0.5, 0.6) is 0 Å². The van der Waals surface area contributed by atoms with E-state index in [4.69, 9.17) is 0 Å². The Balaban J connectivity index is 2.35. The first-order valence-electron chi connectivity index (χ1n) is 8.35. The Bertz CT molecular complexity index is 945. The van der Waals surface area contributed by atoms with E-state index in [-0.39, 0.29) is 28.3 Å². The number of hydrogen-bond donors (Lipinski definition) is 2. The summed E-state index contributed by atoms with van der Waals surface area (Å²) >= 11 is 0. The van der Waals surface area contributed by atoms with E-state index in [0.717, 1.165) is 0 Å². The van der Waals surface area contributed by atoms with Crippen LogP contribution in [0.15, 0.2) is 70.2 Å². The van der Waals surface area contributed by atoms with Crippen molar-refractivity contribution in [1.29, 1.82) is 0 Å². The number of ether oxygens (including phenoxy) is 2. The predicted octanol–water partition coefficient (Wildman–Crippen LogP) is 3.77. The molecule has 2 aromatic carbocycles. The maximum absolute atomic E-state index is 12.4. The Kier molecular flexibility index (Phi) is 7.19. The molecular formula is C20H19N3O6. The average molecular weight is 397 g/mol. The summed E-state index contributed by atoms with van der Waals surface area (Å²) in [7, 11) is 2.39. The molecule has 2 N–H and O–H groups in total. The van der Waals surface area contributed by atoms with Crippen molar-refractivity contribution in [1.82, 2.24) is 0 Å². The van der Waals surface area contributed by atoms with Gasteiger partial charge in [0, 0.05) is 5.69 Å². The molecular weight excluding hydrogens is 378 g/mol. The van der Waals surface area contributed by atoms with E-state index >= 15 is 0 Å². The largest absolute Gasteiger partial charge is 0.510 e. The van der Waals surface area contributed by atoms with Crippen molar-refractivity contribution >= 4 is 29.2 Å². The lowest BCUT2D eigenvalue weighted by molar-refractivity contribution is -0.113. The molecule has 0 fully saturated rings. The molecule has 0 spiro atoms. The Morgan fingerprint density at radius 3 is 1.97 bits per heavy atom. The molecule has 0 atom stereocenters. The molecule has 9 heteroatoms. The highest BCUT2D eigenvalue weighted by Crippen LogP contribution is 2.22. The first kappa shape index (κ1) is 21.3. The van der Waals surface area contributed by atoms with Gasteiger partial charge >= 0.3 is 11.9 Å². The number of methoxy groups -OCH3 is 2. The molecule has 9 nitrogen and oxygen atoms in total. The molecule has 0 heterocycles. The Labute approximate surface area is 166 Å². The van der Waals surface area contributed by atoms with Gasteiger partial charge in [-0.15, -0.1) is 5.11 Å². The summed E-state index contributed by atoms with van der Waals surface area (Å²) in [6.07, 6.45) is 0. The van der Waals surface area contributed by atoms with E-state index in [1.54, 1.807) is 30.3 Å². The fourth-order valence-corrected chi connectivity index (χ4v) is 2.24. The molecule has 0 bridgehead atoms. The van der Waals surface area contributed by atoms with Crippen LogP contribution >= 0.6 is 0 Å². The smallest absolute Gasteiger partial charge is 0.337 e. The zero-order chi connectivity index (χ0) is 21.4. The van der Waals surface area contributed by atoms with Gasteiger partial charge in [0.05, 0.1) is 31.0 Å². The number of esters is 2. The van der Waals surface area contributed by atoms with Crippen LogP contribution in [0, 0.1) is 0 Å². The van der Waals surface area contributed by atoms with E-state index in [1.165, 1.54) is 39.3 Å². The highest BCUT2D eigenvalue weighted by atomic mass is 16.5. The zero-order valence-corrected chi connectivity index (χ0v) is 16.0. The van der Waals surface area contributed by atoms with Crippen LogP contribution in [0.1, 0.15) is 27.6 Å². The third-order valence-corrected chi connectivity index (χ3v) is 3.61. The summed E-state index contributed by atoms with van der Waals surface area (Å²) in [4.78, 5) is 36.0. The van der Waals surface area contributed by atoms with Gasteiger partial charge in [0.25, 0.3) is 5.91 Å². The lowest BCUT2D eigenvalue weighted by Crippen LogP contribution is -2.14. The molecule has 2 aromatic rings. The van der Waals surface area contributed by atoms with Gasteiger partial charge in [-0.25, -0.2) is 9.59 Å². The molecule has 0 saturated carbocycles. The van der Waals surface area contributed by atoms with Crippen molar-refractivity contribution in [2.24, 2.45) is 10.2 Å². The summed E-state index contributed by atoms with van der Waals surface area (Å²) in [6, 6.07) is 12.5. The van der Waals surface area contributed by atoms with Gasteiger partial charge < -0.3 is 19.9 Å². The molecule has 0 saturated heterocycles. The Morgan fingerprint density at radius 1 is 0.931 bits per heavy atom.